The van der Waals surface area contributed by atoms with Gasteiger partial charge in [0.15, 0.2) is 17.4 Å². The van der Waals surface area contributed by atoms with Gasteiger partial charge < -0.3 is 14.9 Å². The van der Waals surface area contributed by atoms with Crippen LogP contribution in [-0.4, -0.2) is 28.4 Å². The topological polar surface area (TPSA) is 55.4 Å². The number of aromatic nitrogens is 2. The third kappa shape index (κ3) is 3.72. The summed E-state index contributed by atoms with van der Waals surface area (Å²) in [6, 6.07) is 12.3. The Balaban J connectivity index is 1.68. The summed E-state index contributed by atoms with van der Waals surface area (Å²) in [5.41, 5.74) is 1.48. The zero-order valence-corrected chi connectivity index (χ0v) is 14.7. The molecule has 4 rings (SSSR count). The highest BCUT2D eigenvalue weighted by molar-refractivity contribution is 5.65. The number of halogens is 2. The third-order valence-electron chi connectivity index (χ3n) is 4.77. The molecular weight excluding hydrogens is 350 g/mol. The van der Waals surface area contributed by atoms with Crippen molar-refractivity contribution in [3.8, 4) is 5.75 Å². The highest BCUT2D eigenvalue weighted by Gasteiger charge is 2.19. The molecule has 1 fully saturated rings. The fourth-order valence-electron chi connectivity index (χ4n) is 3.30. The number of rotatable bonds is 5. The van der Waals surface area contributed by atoms with Gasteiger partial charge in [-0.15, -0.1) is 0 Å². The molecule has 0 unspecified atom stereocenters. The number of hydrogen-bond donors (Lipinski definition) is 2. The van der Waals surface area contributed by atoms with E-state index in [1.54, 1.807) is 18.2 Å². The molecule has 27 heavy (non-hydrogen) atoms. The lowest BCUT2D eigenvalue weighted by Gasteiger charge is -2.23. The monoisotopic (exact) mass is 370 g/mol. The molecule has 7 heteroatoms. The van der Waals surface area contributed by atoms with Crippen LogP contribution in [0.4, 0.5) is 26.1 Å². The number of phenols is 1. The van der Waals surface area contributed by atoms with Gasteiger partial charge in [-0.3, -0.25) is 5.10 Å². The van der Waals surface area contributed by atoms with Crippen LogP contribution in [-0.2, 0) is 6.54 Å². The minimum Gasteiger partial charge on any atom is -0.505 e. The highest BCUT2D eigenvalue weighted by atomic mass is 19.1. The van der Waals surface area contributed by atoms with Crippen molar-refractivity contribution >= 4 is 17.3 Å². The van der Waals surface area contributed by atoms with Gasteiger partial charge in [0.1, 0.15) is 11.6 Å². The Hall–Kier alpha value is -3.09. The van der Waals surface area contributed by atoms with E-state index in [9.17, 15) is 13.9 Å². The van der Waals surface area contributed by atoms with E-state index in [4.69, 9.17) is 0 Å². The van der Waals surface area contributed by atoms with Gasteiger partial charge in [0.25, 0.3) is 0 Å². The summed E-state index contributed by atoms with van der Waals surface area (Å²) >= 11 is 0. The van der Waals surface area contributed by atoms with Crippen molar-refractivity contribution in [2.45, 2.75) is 19.4 Å². The van der Waals surface area contributed by atoms with Crippen LogP contribution in [0.25, 0.3) is 0 Å². The minimum atomic E-state index is -0.678. The smallest absolute Gasteiger partial charge is 0.164 e. The van der Waals surface area contributed by atoms with E-state index >= 15 is 0 Å². The number of anilines is 3. The van der Waals surface area contributed by atoms with Crippen LogP contribution in [0.5, 0.6) is 5.75 Å². The molecule has 3 aromatic rings. The van der Waals surface area contributed by atoms with E-state index in [1.165, 1.54) is 24.3 Å². The molecular formula is C20H20F2N4O. The molecule has 0 aliphatic carbocycles. The molecule has 2 N–H and O–H groups in total. The van der Waals surface area contributed by atoms with Gasteiger partial charge in [-0.25, -0.2) is 8.78 Å². The van der Waals surface area contributed by atoms with Crippen molar-refractivity contribution < 1.29 is 13.9 Å². The van der Waals surface area contributed by atoms with Crippen molar-refractivity contribution in [1.29, 1.82) is 0 Å². The second kappa shape index (κ2) is 7.26. The normalized spacial score (nSPS) is 13.9. The summed E-state index contributed by atoms with van der Waals surface area (Å²) < 4.78 is 26.7. The maximum Gasteiger partial charge on any atom is 0.164 e. The van der Waals surface area contributed by atoms with E-state index in [0.29, 0.717) is 18.1 Å². The summed E-state index contributed by atoms with van der Waals surface area (Å²) in [5, 5.41) is 17.2. The molecule has 140 valence electrons. The van der Waals surface area contributed by atoms with Gasteiger partial charge in [0.05, 0.1) is 0 Å². The Morgan fingerprint density at radius 1 is 1.04 bits per heavy atom. The molecule has 0 atom stereocenters. The van der Waals surface area contributed by atoms with Crippen molar-refractivity contribution in [3.05, 3.63) is 65.7 Å². The molecule has 1 aromatic heterocycles. The number of aromatic hydroxyl groups is 1. The van der Waals surface area contributed by atoms with Crippen LogP contribution in [0.3, 0.4) is 0 Å². The van der Waals surface area contributed by atoms with Crippen molar-refractivity contribution in [2.75, 3.05) is 22.9 Å². The van der Waals surface area contributed by atoms with Crippen LogP contribution >= 0.6 is 0 Å². The van der Waals surface area contributed by atoms with Crippen LogP contribution in [0.1, 0.15) is 18.4 Å². The Morgan fingerprint density at radius 3 is 2.48 bits per heavy atom. The van der Waals surface area contributed by atoms with E-state index < -0.39 is 11.6 Å². The van der Waals surface area contributed by atoms with Gasteiger partial charge in [-0.1, -0.05) is 12.1 Å². The van der Waals surface area contributed by atoms with Crippen LogP contribution < -0.4 is 9.80 Å². The number of phenolic OH excluding ortho intramolecular Hbond substituents is 1. The lowest BCUT2D eigenvalue weighted by molar-refractivity contribution is 0.432. The van der Waals surface area contributed by atoms with Gasteiger partial charge in [0.2, 0.25) is 0 Å². The zero-order chi connectivity index (χ0) is 18.8. The van der Waals surface area contributed by atoms with E-state index in [2.05, 4.69) is 15.1 Å². The van der Waals surface area contributed by atoms with Gasteiger partial charge in [-0.05, 0) is 42.7 Å². The molecule has 1 aliphatic rings. The van der Waals surface area contributed by atoms with Crippen LogP contribution in [0.15, 0.2) is 48.5 Å². The van der Waals surface area contributed by atoms with Gasteiger partial charge >= 0.3 is 0 Å². The average Bonchev–Trinajstić information content (AvgIpc) is 3.35. The quantitative estimate of drug-likeness (QED) is 0.702. The predicted octanol–water partition coefficient (Wildman–Crippen LogP) is 4.33. The maximum absolute atomic E-state index is 13.5. The number of hydrogen-bond acceptors (Lipinski definition) is 4. The highest BCUT2D eigenvalue weighted by Crippen LogP contribution is 2.32. The number of aromatic amines is 1. The second-order valence-electron chi connectivity index (χ2n) is 6.65. The Bertz CT molecular complexity index is 920. The van der Waals surface area contributed by atoms with Gasteiger partial charge in [0, 0.05) is 37.5 Å². The number of H-pyrrole nitrogens is 1. The lowest BCUT2D eigenvalue weighted by Crippen LogP contribution is -2.18. The Labute approximate surface area is 155 Å². The first-order valence-electron chi connectivity index (χ1n) is 8.91. The van der Waals surface area contributed by atoms with E-state index in [-0.39, 0.29) is 5.82 Å². The lowest BCUT2D eigenvalue weighted by atomic mass is 10.2. The molecule has 5 nitrogen and oxygen atoms in total. The fraction of sp³-hybridized carbons (Fsp3) is 0.250. The van der Waals surface area contributed by atoms with Crippen LogP contribution in [0, 0.1) is 11.6 Å². The summed E-state index contributed by atoms with van der Waals surface area (Å²) in [6.07, 6.45) is 2.29. The van der Waals surface area contributed by atoms with Crippen molar-refractivity contribution in [2.24, 2.45) is 0 Å². The largest absolute Gasteiger partial charge is 0.505 e. The maximum atomic E-state index is 13.5. The molecule has 2 aromatic carbocycles. The van der Waals surface area contributed by atoms with E-state index in [0.717, 1.165) is 37.3 Å². The average molecular weight is 370 g/mol. The molecule has 1 saturated heterocycles. The molecule has 1 aliphatic heterocycles. The Morgan fingerprint density at radius 2 is 1.78 bits per heavy atom. The zero-order valence-electron chi connectivity index (χ0n) is 14.7. The third-order valence-corrected chi connectivity index (χ3v) is 4.77. The summed E-state index contributed by atoms with van der Waals surface area (Å²) in [5.74, 6) is 0.173. The second-order valence-corrected chi connectivity index (χ2v) is 6.65. The van der Waals surface area contributed by atoms with Crippen molar-refractivity contribution in [1.82, 2.24) is 10.2 Å². The number of nitrogens with zero attached hydrogens (tertiary/aromatic N) is 3. The van der Waals surface area contributed by atoms with E-state index in [1.807, 2.05) is 11.0 Å². The van der Waals surface area contributed by atoms with Crippen LogP contribution in [0.2, 0.25) is 0 Å². The van der Waals surface area contributed by atoms with Gasteiger partial charge in [-0.2, -0.15) is 5.10 Å². The minimum absolute atomic E-state index is 0.303. The number of nitrogens with one attached hydrogen (secondary N) is 1. The summed E-state index contributed by atoms with van der Waals surface area (Å²) in [7, 11) is 0. The first-order chi connectivity index (χ1) is 13.1. The SMILES string of the molecule is Oc1cc(N(Cc2ccc(F)cc2)c2cc(N3CCCC3)n[nH]2)ccc1F. The molecule has 2 heterocycles. The standard InChI is InChI=1S/C20H20F2N4O/c21-15-5-3-14(4-6-15)13-26(16-7-8-17(22)18(27)11-16)20-12-19(23-24-20)25-9-1-2-10-25/h3-8,11-12,27H,1-2,9-10,13H2,(H,23,24). The summed E-state index contributed by atoms with van der Waals surface area (Å²) in [6.45, 7) is 2.35. The molecule has 0 spiro atoms. The first-order valence-corrected chi connectivity index (χ1v) is 8.91. The predicted molar refractivity (Wildman–Crippen MR) is 100 cm³/mol. The number of benzene rings is 2. The first kappa shape index (κ1) is 17.3. The molecule has 0 radical (unpaired) electrons. The fourth-order valence-corrected chi connectivity index (χ4v) is 3.30. The summed E-state index contributed by atoms with van der Waals surface area (Å²) in [4.78, 5) is 4.08. The van der Waals surface area contributed by atoms with Crippen molar-refractivity contribution in [3.63, 3.8) is 0 Å². The molecule has 0 bridgehead atoms. The molecule has 0 saturated carbocycles. The molecule has 0 amide bonds. The Kier molecular flexibility index (Phi) is 4.66.